The maximum absolute atomic E-state index is 12.7. The molecule has 0 bridgehead atoms. The zero-order chi connectivity index (χ0) is 22.7. The van der Waals surface area contributed by atoms with Gasteiger partial charge in [-0.1, -0.05) is 42.5 Å². The Morgan fingerprint density at radius 1 is 0.938 bits per heavy atom. The summed E-state index contributed by atoms with van der Waals surface area (Å²) in [5.41, 5.74) is 3.44. The maximum atomic E-state index is 12.7. The highest BCUT2D eigenvalue weighted by Crippen LogP contribution is 2.22. The maximum Gasteiger partial charge on any atom is 0.338 e. The summed E-state index contributed by atoms with van der Waals surface area (Å²) in [4.78, 5) is 41.9. The molecule has 0 atom stereocenters. The molecule has 2 aromatic heterocycles. The fourth-order valence-corrected chi connectivity index (χ4v) is 4.22. The normalized spacial score (nSPS) is 10.7. The van der Waals surface area contributed by atoms with Crippen LogP contribution in [0.5, 0.6) is 0 Å². The van der Waals surface area contributed by atoms with Crippen molar-refractivity contribution in [1.29, 1.82) is 0 Å². The van der Waals surface area contributed by atoms with E-state index in [0.717, 1.165) is 16.5 Å². The summed E-state index contributed by atoms with van der Waals surface area (Å²) >= 11 is 1.48. The minimum Gasteiger partial charge on any atom is -0.454 e. The average Bonchev–Trinajstić information content (AvgIpc) is 3.44. The second-order valence-electron chi connectivity index (χ2n) is 7.21. The summed E-state index contributed by atoms with van der Waals surface area (Å²) in [7, 11) is 0. The Morgan fingerprint density at radius 2 is 1.59 bits per heavy atom. The SMILES string of the molecule is Cc1cc(C(=O)COC(=O)c2ccc(C(=O)c3ccccc3)cc2)c(C)n1-c1nccs1. The quantitative estimate of drug-likeness (QED) is 0.302. The molecular formula is C25H20N2O4S. The van der Waals surface area contributed by atoms with Crippen LogP contribution in [0, 0.1) is 13.8 Å². The Morgan fingerprint density at radius 3 is 2.25 bits per heavy atom. The Hall–Kier alpha value is -3.84. The number of ketones is 2. The number of thiazole rings is 1. The van der Waals surface area contributed by atoms with Gasteiger partial charge in [-0.05, 0) is 32.0 Å². The van der Waals surface area contributed by atoms with Gasteiger partial charge in [0.25, 0.3) is 0 Å². The second-order valence-corrected chi connectivity index (χ2v) is 8.08. The third kappa shape index (κ3) is 4.29. The number of aryl methyl sites for hydroxylation is 1. The summed E-state index contributed by atoms with van der Waals surface area (Å²) in [5, 5.41) is 2.65. The minimum atomic E-state index is -0.620. The third-order valence-electron chi connectivity index (χ3n) is 5.10. The zero-order valence-corrected chi connectivity index (χ0v) is 18.4. The molecule has 32 heavy (non-hydrogen) atoms. The van der Waals surface area contributed by atoms with Crippen LogP contribution in [0.25, 0.3) is 5.13 Å². The van der Waals surface area contributed by atoms with E-state index in [2.05, 4.69) is 4.98 Å². The van der Waals surface area contributed by atoms with Crippen molar-refractivity contribution in [3.63, 3.8) is 0 Å². The molecule has 0 radical (unpaired) electrons. The van der Waals surface area contributed by atoms with Gasteiger partial charge in [0.2, 0.25) is 5.78 Å². The van der Waals surface area contributed by atoms with Crippen LogP contribution in [0.2, 0.25) is 0 Å². The highest BCUT2D eigenvalue weighted by atomic mass is 32.1. The van der Waals surface area contributed by atoms with Crippen molar-refractivity contribution in [2.24, 2.45) is 0 Å². The van der Waals surface area contributed by atoms with E-state index in [1.165, 1.54) is 23.5 Å². The molecule has 0 saturated heterocycles. The van der Waals surface area contributed by atoms with Gasteiger partial charge in [0.1, 0.15) is 0 Å². The van der Waals surface area contributed by atoms with Gasteiger partial charge in [-0.2, -0.15) is 0 Å². The van der Waals surface area contributed by atoms with Crippen molar-refractivity contribution in [2.75, 3.05) is 6.61 Å². The van der Waals surface area contributed by atoms with E-state index < -0.39 is 5.97 Å². The first kappa shape index (κ1) is 21.4. The van der Waals surface area contributed by atoms with Gasteiger partial charge < -0.3 is 4.74 Å². The van der Waals surface area contributed by atoms with E-state index in [0.29, 0.717) is 16.7 Å². The summed E-state index contributed by atoms with van der Waals surface area (Å²) in [5.74, 6) is -1.03. The van der Waals surface area contributed by atoms with Gasteiger partial charge in [0.05, 0.1) is 5.56 Å². The van der Waals surface area contributed by atoms with Gasteiger partial charge in [-0.15, -0.1) is 11.3 Å². The summed E-state index contributed by atoms with van der Waals surface area (Å²) in [6.07, 6.45) is 1.71. The molecule has 2 heterocycles. The number of esters is 1. The van der Waals surface area contributed by atoms with Crippen molar-refractivity contribution in [3.05, 3.63) is 106 Å². The number of benzene rings is 2. The summed E-state index contributed by atoms with van der Waals surface area (Å²) in [6.45, 7) is 3.37. The van der Waals surface area contributed by atoms with Crippen molar-refractivity contribution >= 4 is 28.9 Å². The predicted molar refractivity (Wildman–Crippen MR) is 122 cm³/mol. The first-order valence-electron chi connectivity index (χ1n) is 9.94. The van der Waals surface area contributed by atoms with E-state index in [1.807, 2.05) is 29.9 Å². The number of carbonyl (C=O) groups excluding carboxylic acids is 3. The highest BCUT2D eigenvalue weighted by Gasteiger charge is 2.19. The molecular weight excluding hydrogens is 424 g/mol. The van der Waals surface area contributed by atoms with Crippen LogP contribution in [0.4, 0.5) is 0 Å². The molecule has 0 fully saturated rings. The molecule has 160 valence electrons. The Kier molecular flexibility index (Phi) is 6.09. The number of carbonyl (C=O) groups is 3. The summed E-state index contributed by atoms with van der Waals surface area (Å²) < 4.78 is 7.13. The van der Waals surface area contributed by atoms with E-state index in [9.17, 15) is 14.4 Å². The van der Waals surface area contributed by atoms with Crippen molar-refractivity contribution < 1.29 is 19.1 Å². The van der Waals surface area contributed by atoms with Crippen LogP contribution in [0.15, 0.2) is 72.2 Å². The lowest BCUT2D eigenvalue weighted by molar-refractivity contribution is 0.0474. The molecule has 0 amide bonds. The van der Waals surface area contributed by atoms with Crippen LogP contribution in [0.1, 0.15) is 48.0 Å². The van der Waals surface area contributed by atoms with E-state index in [1.54, 1.807) is 48.7 Å². The van der Waals surface area contributed by atoms with Crippen LogP contribution in [-0.2, 0) is 4.74 Å². The minimum absolute atomic E-state index is 0.128. The molecule has 2 aromatic carbocycles. The van der Waals surface area contributed by atoms with Gasteiger partial charge >= 0.3 is 5.97 Å². The van der Waals surface area contributed by atoms with Gasteiger partial charge in [-0.3, -0.25) is 14.2 Å². The Labute approximate surface area is 189 Å². The van der Waals surface area contributed by atoms with E-state index >= 15 is 0 Å². The van der Waals surface area contributed by atoms with Crippen molar-refractivity contribution in [2.45, 2.75) is 13.8 Å². The highest BCUT2D eigenvalue weighted by molar-refractivity contribution is 7.12. The number of ether oxygens (including phenoxy) is 1. The Balaban J connectivity index is 1.41. The fourth-order valence-electron chi connectivity index (χ4n) is 3.47. The molecule has 0 aliphatic rings. The van der Waals surface area contributed by atoms with Crippen LogP contribution in [-0.4, -0.2) is 33.7 Å². The summed E-state index contributed by atoms with van der Waals surface area (Å²) in [6, 6.07) is 16.9. The predicted octanol–water partition coefficient (Wildman–Crippen LogP) is 4.82. The van der Waals surface area contributed by atoms with Gasteiger partial charge in [0, 0.05) is 39.7 Å². The first-order chi connectivity index (χ1) is 15.5. The topological polar surface area (TPSA) is 78.3 Å². The standard InChI is InChI=1S/C25H20N2O4S/c1-16-14-21(17(2)27(16)25-26-12-13-32-25)22(28)15-31-24(30)20-10-8-19(9-11-20)23(29)18-6-4-3-5-7-18/h3-14H,15H2,1-2H3. The molecule has 4 rings (SSSR count). The lowest BCUT2D eigenvalue weighted by atomic mass is 10.0. The van der Waals surface area contributed by atoms with Gasteiger partial charge in [-0.25, -0.2) is 9.78 Å². The van der Waals surface area contributed by atoms with Crippen LogP contribution >= 0.6 is 11.3 Å². The number of hydrogen-bond acceptors (Lipinski definition) is 6. The molecule has 7 heteroatoms. The van der Waals surface area contributed by atoms with Crippen LogP contribution in [0.3, 0.4) is 0 Å². The monoisotopic (exact) mass is 444 g/mol. The number of rotatable bonds is 7. The number of aromatic nitrogens is 2. The third-order valence-corrected chi connectivity index (χ3v) is 5.85. The number of hydrogen-bond donors (Lipinski definition) is 0. The molecule has 0 spiro atoms. The zero-order valence-electron chi connectivity index (χ0n) is 17.6. The number of Topliss-reactive ketones (excluding diaryl/α,β-unsaturated/α-hetero) is 1. The first-order valence-corrected chi connectivity index (χ1v) is 10.8. The lowest BCUT2D eigenvalue weighted by Gasteiger charge is -2.07. The molecule has 0 aliphatic heterocycles. The lowest BCUT2D eigenvalue weighted by Crippen LogP contribution is -2.15. The van der Waals surface area contributed by atoms with E-state index in [4.69, 9.17) is 4.74 Å². The van der Waals surface area contributed by atoms with Crippen molar-refractivity contribution in [1.82, 2.24) is 9.55 Å². The number of nitrogens with zero attached hydrogens (tertiary/aromatic N) is 2. The molecule has 0 saturated carbocycles. The van der Waals surface area contributed by atoms with Crippen molar-refractivity contribution in [3.8, 4) is 5.13 Å². The molecule has 0 N–H and O–H groups in total. The second kappa shape index (κ2) is 9.11. The average molecular weight is 445 g/mol. The smallest absolute Gasteiger partial charge is 0.338 e. The molecule has 4 aromatic rings. The molecule has 0 unspecified atom stereocenters. The largest absolute Gasteiger partial charge is 0.454 e. The molecule has 6 nitrogen and oxygen atoms in total. The van der Waals surface area contributed by atoms with Gasteiger partial charge in [0.15, 0.2) is 17.5 Å². The molecule has 0 aliphatic carbocycles. The fraction of sp³-hybridized carbons (Fsp3) is 0.120. The van der Waals surface area contributed by atoms with Crippen LogP contribution < -0.4 is 0 Å². The van der Waals surface area contributed by atoms with E-state index in [-0.39, 0.29) is 23.7 Å². The Bertz CT molecular complexity index is 1270.